The number of fused-ring (bicyclic) bond motifs is 2. The van der Waals surface area contributed by atoms with Crippen LogP contribution in [0.1, 0.15) is 42.9 Å². The van der Waals surface area contributed by atoms with E-state index in [-0.39, 0.29) is 36.9 Å². The van der Waals surface area contributed by atoms with Gasteiger partial charge >= 0.3 is 13.4 Å². The molecule has 6 N–H and O–H groups in total. The smallest absolute Gasteiger partial charge is 0.324 e. The van der Waals surface area contributed by atoms with Gasteiger partial charge in [0.15, 0.2) is 11.5 Å². The zero-order chi connectivity index (χ0) is 33.0. The first-order valence-corrected chi connectivity index (χ1v) is 19.4. The summed E-state index contributed by atoms with van der Waals surface area (Å²) in [6, 6.07) is 5.20. The summed E-state index contributed by atoms with van der Waals surface area (Å²) in [4.78, 5) is 45.8. The van der Waals surface area contributed by atoms with E-state index >= 15 is 0 Å². The molecule has 3 unspecified atom stereocenters. The Bertz CT molecular complexity index is 1880. The molecule has 4 aromatic rings. The molecule has 0 spiro atoms. The Kier molecular flexibility index (Phi) is 9.30. The van der Waals surface area contributed by atoms with Gasteiger partial charge in [-0.3, -0.25) is 9.36 Å². The molecule has 248 valence electrons. The predicted molar refractivity (Wildman–Crippen MR) is 172 cm³/mol. The van der Waals surface area contributed by atoms with E-state index in [1.165, 1.54) is 19.8 Å². The van der Waals surface area contributed by atoms with E-state index < -0.39 is 43.7 Å². The van der Waals surface area contributed by atoms with E-state index in [1.807, 2.05) is 19.9 Å². The number of rotatable bonds is 12. The first-order chi connectivity index (χ1) is 21.8. The normalized spacial score (nSPS) is 29.0. The molecule has 1 aromatic carbocycles. The Balaban J connectivity index is 1.14. The highest BCUT2D eigenvalue weighted by Gasteiger charge is 2.48. The van der Waals surface area contributed by atoms with Gasteiger partial charge in [0, 0.05) is 13.0 Å². The van der Waals surface area contributed by atoms with E-state index in [1.54, 1.807) is 21.4 Å². The summed E-state index contributed by atoms with van der Waals surface area (Å²) in [5, 5.41) is 8.46. The Labute approximate surface area is 273 Å². The summed E-state index contributed by atoms with van der Waals surface area (Å²) >= 11 is 10.4. The van der Waals surface area contributed by atoms with E-state index in [0.29, 0.717) is 34.2 Å². The topological polar surface area (TPSA) is 230 Å². The molecule has 2 aliphatic rings. The highest BCUT2D eigenvalue weighted by molar-refractivity contribution is 8.07. The number of nitrogens with two attached hydrogens (primary N) is 2. The van der Waals surface area contributed by atoms with Crippen molar-refractivity contribution in [3.05, 3.63) is 36.4 Å². The minimum absolute atomic E-state index is 0.00570. The van der Waals surface area contributed by atoms with Gasteiger partial charge in [0.2, 0.25) is 0 Å². The van der Waals surface area contributed by atoms with Gasteiger partial charge in [-0.25, -0.2) is 19.6 Å². The number of carbonyl (C=O) groups excluding carboxylic acids is 1. The fraction of sp³-hybridized carbons (Fsp3) is 0.520. The molecular weight excluding hydrogens is 680 g/mol. The van der Waals surface area contributed by atoms with Crippen molar-refractivity contribution in [3.63, 3.8) is 0 Å². The molecule has 17 nitrogen and oxygen atoms in total. The standard InChI is InChI=1S/C25H33N9O8P2S2/c1-12-14(7-17(12)34-16-6-4-5-15(23(27)35)19(16)31-32-34)8-39-44(37,46)42-21-13(2)25(41-18(21)9-40-43(36,45)38-3)33-11-30-20-22(26)28-10-29-24(20)33/h4-6,10-14,17-18,21,25H,7-9H2,1-3H3,(H2,27,35)(H,36,45)(H,37,46)(H2,26,28,29)/t12-,13-,14?,17-,18-,21+,25-,43?,44?/m1/s1. The lowest BCUT2D eigenvalue weighted by Gasteiger charge is -2.42. The molecule has 4 heterocycles. The third kappa shape index (κ3) is 6.34. The van der Waals surface area contributed by atoms with Crippen LogP contribution >= 0.6 is 13.4 Å². The third-order valence-corrected chi connectivity index (χ3v) is 11.9. The van der Waals surface area contributed by atoms with Crippen molar-refractivity contribution >= 4 is 71.0 Å². The number of hydrogen-bond acceptors (Lipinski definition) is 14. The Hall–Kier alpha value is -2.54. The maximum atomic E-state index is 11.8. The number of benzene rings is 1. The fourth-order valence-electron chi connectivity index (χ4n) is 5.96. The van der Waals surface area contributed by atoms with Crippen molar-refractivity contribution < 1.29 is 37.4 Å². The molecule has 3 aromatic heterocycles. The van der Waals surface area contributed by atoms with Gasteiger partial charge in [0.25, 0.3) is 5.91 Å². The lowest BCUT2D eigenvalue weighted by atomic mass is 9.71. The van der Waals surface area contributed by atoms with Gasteiger partial charge in [-0.05, 0) is 54.0 Å². The predicted octanol–water partition coefficient (Wildman–Crippen LogP) is 2.18. The Morgan fingerprint density at radius 3 is 2.59 bits per heavy atom. The van der Waals surface area contributed by atoms with Crippen molar-refractivity contribution in [3.8, 4) is 0 Å². The second-order valence-electron chi connectivity index (χ2n) is 11.3. The maximum Gasteiger partial charge on any atom is 0.324 e. The lowest BCUT2D eigenvalue weighted by molar-refractivity contribution is -0.0416. The molecule has 2 fully saturated rings. The van der Waals surface area contributed by atoms with Crippen molar-refractivity contribution in [1.29, 1.82) is 0 Å². The van der Waals surface area contributed by atoms with Crippen LogP contribution in [0.2, 0.25) is 0 Å². The number of amides is 1. The fourth-order valence-corrected chi connectivity index (χ4v) is 8.14. The average Bonchev–Trinajstić information content (AvgIpc) is 3.71. The molecular formula is C25H33N9O8P2S2. The molecule has 1 amide bonds. The summed E-state index contributed by atoms with van der Waals surface area (Å²) in [7, 11) is 1.24. The number of hydrogen-bond donors (Lipinski definition) is 4. The van der Waals surface area contributed by atoms with Crippen molar-refractivity contribution in [1.82, 2.24) is 34.5 Å². The van der Waals surface area contributed by atoms with E-state index in [4.69, 9.17) is 57.9 Å². The Morgan fingerprint density at radius 2 is 1.87 bits per heavy atom. The minimum atomic E-state index is -3.81. The number of nitrogen functional groups attached to an aromatic ring is 1. The van der Waals surface area contributed by atoms with Crippen LogP contribution in [-0.4, -0.2) is 82.7 Å². The summed E-state index contributed by atoms with van der Waals surface area (Å²) in [5.41, 5.74) is 13.8. The van der Waals surface area contributed by atoms with E-state index in [0.717, 1.165) is 0 Å². The molecule has 0 radical (unpaired) electrons. The lowest BCUT2D eigenvalue weighted by Crippen LogP contribution is -2.39. The third-order valence-electron chi connectivity index (χ3n) is 8.63. The van der Waals surface area contributed by atoms with Crippen molar-refractivity contribution in [2.45, 2.75) is 44.7 Å². The number of nitrogens with zero attached hydrogens (tertiary/aromatic N) is 7. The molecule has 1 aliphatic carbocycles. The van der Waals surface area contributed by atoms with Crippen LogP contribution in [0, 0.1) is 17.8 Å². The maximum absolute atomic E-state index is 11.8. The number of imidazole rings is 1. The molecule has 6 rings (SSSR count). The van der Waals surface area contributed by atoms with E-state index in [9.17, 15) is 14.6 Å². The summed E-state index contributed by atoms with van der Waals surface area (Å²) in [6.45, 7) is -3.53. The highest BCUT2D eigenvalue weighted by Crippen LogP contribution is 2.54. The van der Waals surface area contributed by atoms with Crippen molar-refractivity contribution in [2.75, 3.05) is 26.1 Å². The molecule has 0 bridgehead atoms. The number of anilines is 1. The van der Waals surface area contributed by atoms with Gasteiger partial charge in [-0.1, -0.05) is 25.1 Å². The molecule has 1 aliphatic heterocycles. The zero-order valence-corrected chi connectivity index (χ0v) is 28.3. The molecule has 9 atom stereocenters. The second kappa shape index (κ2) is 12.8. The van der Waals surface area contributed by atoms with E-state index in [2.05, 4.69) is 25.3 Å². The number of primary amides is 1. The molecule has 21 heteroatoms. The molecule has 46 heavy (non-hydrogen) atoms. The average molecular weight is 714 g/mol. The number of carbonyl (C=O) groups is 1. The first-order valence-electron chi connectivity index (χ1n) is 14.2. The van der Waals surface area contributed by atoms with Crippen LogP contribution in [0.25, 0.3) is 22.2 Å². The van der Waals surface area contributed by atoms with Crippen LogP contribution in [0.4, 0.5) is 5.82 Å². The monoisotopic (exact) mass is 713 g/mol. The van der Waals surface area contributed by atoms with Gasteiger partial charge in [-0.2, -0.15) is 0 Å². The van der Waals surface area contributed by atoms with Gasteiger partial charge < -0.3 is 44.1 Å². The van der Waals surface area contributed by atoms with Crippen LogP contribution in [0.5, 0.6) is 0 Å². The van der Waals surface area contributed by atoms with Crippen LogP contribution in [0.15, 0.2) is 30.9 Å². The molecule has 1 saturated heterocycles. The number of ether oxygens (including phenoxy) is 1. The Morgan fingerprint density at radius 1 is 1.11 bits per heavy atom. The number of aromatic nitrogens is 7. The van der Waals surface area contributed by atoms with Crippen LogP contribution in [-0.2, 0) is 46.4 Å². The highest BCUT2D eigenvalue weighted by atomic mass is 32.5. The van der Waals surface area contributed by atoms with Gasteiger partial charge in [0.05, 0.1) is 36.7 Å². The minimum Gasteiger partial charge on any atom is -0.382 e. The summed E-state index contributed by atoms with van der Waals surface area (Å²) in [5.74, 6) is -0.670. The van der Waals surface area contributed by atoms with Gasteiger partial charge in [-0.15, -0.1) is 5.10 Å². The molecule has 1 saturated carbocycles. The van der Waals surface area contributed by atoms with Crippen molar-refractivity contribution in [2.24, 2.45) is 23.5 Å². The van der Waals surface area contributed by atoms with Gasteiger partial charge in [0.1, 0.15) is 35.8 Å². The summed E-state index contributed by atoms with van der Waals surface area (Å²) in [6.07, 6.45) is 1.16. The largest absolute Gasteiger partial charge is 0.382 e. The van der Waals surface area contributed by atoms with Crippen LogP contribution < -0.4 is 11.5 Å². The SMILES string of the molecule is COP(O)(=S)OC[C@H]1O[C@@H](n2cnc3c(N)ncnc32)[C@H](C)[C@@H]1OP(O)(=S)OCC1C[C@@H](n2nnc3c(C(N)=O)cccc32)[C@@H]1C. The summed E-state index contributed by atoms with van der Waals surface area (Å²) < 4.78 is 32.1. The quantitative estimate of drug-likeness (QED) is 0.154. The first kappa shape index (κ1) is 33.4. The van der Waals surface area contributed by atoms with Crippen LogP contribution in [0.3, 0.4) is 0 Å². The second-order valence-corrected chi connectivity index (χ2v) is 17.0. The zero-order valence-electron chi connectivity index (χ0n) is 24.9.